The fourth-order valence-electron chi connectivity index (χ4n) is 2.15. The van der Waals surface area contributed by atoms with Gasteiger partial charge in [0.15, 0.2) is 0 Å². The molecular weight excluding hydrogens is 320 g/mol. The van der Waals surface area contributed by atoms with Gasteiger partial charge in [0.05, 0.1) is 4.90 Å². The monoisotopic (exact) mass is 344 g/mol. The predicted molar refractivity (Wildman–Crippen MR) is 87.0 cm³/mol. The first kappa shape index (κ1) is 19.4. The lowest BCUT2D eigenvalue weighted by Crippen LogP contribution is -2.38. The van der Waals surface area contributed by atoms with Gasteiger partial charge < -0.3 is 4.84 Å². The zero-order chi connectivity index (χ0) is 17.3. The second-order valence-corrected chi connectivity index (χ2v) is 7.21. The predicted octanol–water partition coefficient (Wildman–Crippen LogP) is 2.82. The van der Waals surface area contributed by atoms with Crippen LogP contribution in [0.15, 0.2) is 29.2 Å². The van der Waals surface area contributed by atoms with Gasteiger partial charge in [0.1, 0.15) is 6.61 Å². The van der Waals surface area contributed by atoms with E-state index in [2.05, 4.69) is 16.5 Å². The summed E-state index contributed by atoms with van der Waals surface area (Å²) in [5.74, 6) is 0. The summed E-state index contributed by atoms with van der Waals surface area (Å²) in [5.41, 5.74) is 0.955. The maximum atomic E-state index is 12.4. The lowest BCUT2D eigenvalue weighted by atomic mass is 10.1. The molecular formula is C15H24N2O5S. The minimum atomic E-state index is -3.72. The van der Waals surface area contributed by atoms with Crippen molar-refractivity contribution < 1.29 is 18.3 Å². The topological polar surface area (TPSA) is 98.5 Å². The number of nitrogens with one attached hydrogen (secondary N) is 1. The Morgan fingerprint density at radius 1 is 1.22 bits per heavy atom. The number of unbranched alkanes of at least 4 members (excludes halogenated alkanes) is 3. The normalized spacial score (nSPS) is 12.8. The van der Waals surface area contributed by atoms with Gasteiger partial charge in [0.2, 0.25) is 10.0 Å². The molecule has 1 atom stereocenters. The molecule has 8 heteroatoms. The summed E-state index contributed by atoms with van der Waals surface area (Å²) >= 11 is 0. The first-order valence-corrected chi connectivity index (χ1v) is 9.19. The molecule has 1 N–H and O–H groups in total. The third kappa shape index (κ3) is 7.43. The molecule has 0 saturated carbocycles. The van der Waals surface area contributed by atoms with E-state index in [0.29, 0.717) is 6.42 Å². The van der Waals surface area contributed by atoms with Crippen LogP contribution in [-0.4, -0.2) is 26.2 Å². The Balaban J connectivity index is 2.72. The quantitative estimate of drug-likeness (QED) is 0.378. The summed E-state index contributed by atoms with van der Waals surface area (Å²) < 4.78 is 27.2. The second kappa shape index (κ2) is 9.46. The average Bonchev–Trinajstić information content (AvgIpc) is 2.49. The smallest absolute Gasteiger partial charge is 0.294 e. The summed E-state index contributed by atoms with van der Waals surface area (Å²) in [6, 6.07) is 5.82. The fourth-order valence-corrected chi connectivity index (χ4v) is 3.40. The van der Waals surface area contributed by atoms with Crippen molar-refractivity contribution in [1.82, 2.24) is 4.72 Å². The van der Waals surface area contributed by atoms with E-state index in [4.69, 9.17) is 0 Å². The molecule has 0 aliphatic carbocycles. The van der Waals surface area contributed by atoms with Crippen LogP contribution >= 0.6 is 0 Å². The van der Waals surface area contributed by atoms with Gasteiger partial charge in [-0.3, -0.25) is 0 Å². The van der Waals surface area contributed by atoms with Crippen molar-refractivity contribution in [2.45, 2.75) is 56.9 Å². The van der Waals surface area contributed by atoms with E-state index in [-0.39, 0.29) is 11.5 Å². The Kier molecular flexibility index (Phi) is 7.97. The van der Waals surface area contributed by atoms with E-state index in [1.165, 1.54) is 12.1 Å². The zero-order valence-corrected chi connectivity index (χ0v) is 14.3. The Hall–Kier alpha value is -1.67. The van der Waals surface area contributed by atoms with Crippen molar-refractivity contribution in [1.29, 1.82) is 0 Å². The van der Waals surface area contributed by atoms with E-state index in [1.54, 1.807) is 12.1 Å². The molecule has 0 spiro atoms. The van der Waals surface area contributed by atoms with Crippen molar-refractivity contribution in [3.8, 4) is 0 Å². The first-order valence-electron chi connectivity index (χ1n) is 7.71. The van der Waals surface area contributed by atoms with Crippen LogP contribution in [0.25, 0.3) is 0 Å². The van der Waals surface area contributed by atoms with Crippen molar-refractivity contribution >= 4 is 10.0 Å². The highest BCUT2D eigenvalue weighted by Crippen LogP contribution is 2.13. The van der Waals surface area contributed by atoms with Crippen molar-refractivity contribution in [3.05, 3.63) is 39.9 Å². The molecule has 1 aromatic rings. The average molecular weight is 344 g/mol. The Morgan fingerprint density at radius 3 is 2.43 bits per heavy atom. The maximum Gasteiger partial charge on any atom is 0.294 e. The van der Waals surface area contributed by atoms with Crippen LogP contribution in [0.3, 0.4) is 0 Å². The van der Waals surface area contributed by atoms with Crippen molar-refractivity contribution in [2.75, 3.05) is 6.61 Å². The minimum Gasteiger partial charge on any atom is -0.312 e. The number of sulfonamides is 1. The molecule has 23 heavy (non-hydrogen) atoms. The number of aryl methyl sites for hydroxylation is 1. The SMILES string of the molecule is CCCCCCC(CO[N+](=O)[O-])NS(=O)(=O)c1ccc(C)cc1. The summed E-state index contributed by atoms with van der Waals surface area (Å²) in [5, 5.41) is 9.46. The summed E-state index contributed by atoms with van der Waals surface area (Å²) in [4.78, 5) is 14.9. The van der Waals surface area contributed by atoms with Crippen molar-refractivity contribution in [3.63, 3.8) is 0 Å². The number of hydrogen-bond donors (Lipinski definition) is 1. The largest absolute Gasteiger partial charge is 0.312 e. The van der Waals surface area contributed by atoms with Gasteiger partial charge in [0, 0.05) is 6.04 Å². The molecule has 0 aliphatic rings. The van der Waals surface area contributed by atoms with Gasteiger partial charge in [-0.25, -0.2) is 13.1 Å². The Morgan fingerprint density at radius 2 is 1.87 bits per heavy atom. The third-order valence-corrected chi connectivity index (χ3v) is 4.98. The van der Waals surface area contributed by atoms with Gasteiger partial charge in [-0.05, 0) is 25.5 Å². The molecule has 0 fully saturated rings. The molecule has 0 heterocycles. The van der Waals surface area contributed by atoms with E-state index in [0.717, 1.165) is 31.2 Å². The molecule has 0 aromatic heterocycles. The second-order valence-electron chi connectivity index (χ2n) is 5.50. The molecule has 1 aromatic carbocycles. The summed E-state index contributed by atoms with van der Waals surface area (Å²) in [6.07, 6.45) is 4.35. The molecule has 0 aliphatic heterocycles. The molecule has 0 bridgehead atoms. The van der Waals surface area contributed by atoms with Gasteiger partial charge in [-0.1, -0.05) is 50.3 Å². The maximum absolute atomic E-state index is 12.4. The molecule has 1 unspecified atom stereocenters. The summed E-state index contributed by atoms with van der Waals surface area (Å²) in [7, 11) is -3.72. The molecule has 130 valence electrons. The number of rotatable bonds is 11. The van der Waals surface area contributed by atoms with Crippen LogP contribution in [0.1, 0.15) is 44.6 Å². The lowest BCUT2D eigenvalue weighted by Gasteiger charge is -2.18. The van der Waals surface area contributed by atoms with Gasteiger partial charge in [0.25, 0.3) is 5.09 Å². The van der Waals surface area contributed by atoms with Crippen LogP contribution in [0.4, 0.5) is 0 Å². The third-order valence-electron chi connectivity index (χ3n) is 3.44. The van der Waals surface area contributed by atoms with E-state index in [9.17, 15) is 18.5 Å². The molecule has 1 rings (SSSR count). The number of nitrogens with zero attached hydrogens (tertiary/aromatic N) is 1. The Bertz CT molecular complexity index is 586. The van der Waals surface area contributed by atoms with Gasteiger partial charge in [-0.2, -0.15) is 0 Å². The lowest BCUT2D eigenvalue weighted by molar-refractivity contribution is -0.758. The van der Waals surface area contributed by atoms with Crippen LogP contribution in [0, 0.1) is 17.0 Å². The first-order chi connectivity index (χ1) is 10.8. The van der Waals surface area contributed by atoms with Crippen LogP contribution in [0.2, 0.25) is 0 Å². The van der Waals surface area contributed by atoms with Gasteiger partial charge in [-0.15, -0.1) is 10.1 Å². The molecule has 0 amide bonds. The highest BCUT2D eigenvalue weighted by atomic mass is 32.2. The van der Waals surface area contributed by atoms with Gasteiger partial charge >= 0.3 is 0 Å². The van der Waals surface area contributed by atoms with Crippen LogP contribution in [0.5, 0.6) is 0 Å². The summed E-state index contributed by atoms with van der Waals surface area (Å²) in [6.45, 7) is 3.66. The Labute approximate surface area is 137 Å². The minimum absolute atomic E-state index is 0.141. The highest BCUT2D eigenvalue weighted by Gasteiger charge is 2.21. The standard InChI is InChI=1S/C15H24N2O5S/c1-3-4-5-6-7-14(12-22-17(18)19)16-23(20,21)15-10-8-13(2)9-11-15/h8-11,14,16H,3-7,12H2,1-2H3. The van der Waals surface area contributed by atoms with E-state index >= 15 is 0 Å². The number of hydrogen-bond acceptors (Lipinski definition) is 5. The molecule has 0 radical (unpaired) electrons. The van der Waals surface area contributed by atoms with Crippen molar-refractivity contribution in [2.24, 2.45) is 0 Å². The zero-order valence-electron chi connectivity index (χ0n) is 13.5. The van der Waals surface area contributed by atoms with Crippen LogP contribution < -0.4 is 4.72 Å². The molecule has 0 saturated heterocycles. The van der Waals surface area contributed by atoms with E-state index in [1.807, 2.05) is 6.92 Å². The molecule has 7 nitrogen and oxygen atoms in total. The fraction of sp³-hybridized carbons (Fsp3) is 0.600. The van der Waals surface area contributed by atoms with E-state index < -0.39 is 21.2 Å². The van der Waals surface area contributed by atoms with Crippen LogP contribution in [-0.2, 0) is 14.9 Å². The highest BCUT2D eigenvalue weighted by molar-refractivity contribution is 7.89. The number of benzene rings is 1.